The van der Waals surface area contributed by atoms with Crippen molar-refractivity contribution in [3.8, 4) is 0 Å². The number of halogens is 3. The van der Waals surface area contributed by atoms with Crippen LogP contribution >= 0.6 is 0 Å². The van der Waals surface area contributed by atoms with Gasteiger partial charge >= 0.3 is 6.18 Å². The van der Waals surface area contributed by atoms with Crippen molar-refractivity contribution in [2.45, 2.75) is 36.8 Å². The van der Waals surface area contributed by atoms with E-state index >= 15 is 0 Å². The SMILES string of the molecule is NS(=O)(=O)c1ccc(N2CCC(C(=O)N3CCCC3)CC2)c(C(F)(F)F)c1. The van der Waals surface area contributed by atoms with Crippen LogP contribution in [0.4, 0.5) is 18.9 Å². The summed E-state index contributed by atoms with van der Waals surface area (Å²) in [4.78, 5) is 15.3. The van der Waals surface area contributed by atoms with Gasteiger partial charge in [0.05, 0.1) is 10.5 Å². The van der Waals surface area contributed by atoms with Crippen LogP contribution in [-0.2, 0) is 21.0 Å². The third kappa shape index (κ3) is 4.37. The van der Waals surface area contributed by atoms with Gasteiger partial charge in [-0.25, -0.2) is 13.6 Å². The molecule has 3 rings (SSSR count). The van der Waals surface area contributed by atoms with Crippen molar-refractivity contribution in [1.29, 1.82) is 0 Å². The average Bonchev–Trinajstić information content (AvgIpc) is 3.14. The van der Waals surface area contributed by atoms with Crippen molar-refractivity contribution in [2.75, 3.05) is 31.1 Å². The van der Waals surface area contributed by atoms with E-state index in [0.717, 1.165) is 38.1 Å². The second-order valence-corrected chi connectivity index (χ2v) is 8.58. The highest BCUT2D eigenvalue weighted by atomic mass is 32.2. The van der Waals surface area contributed by atoms with Gasteiger partial charge < -0.3 is 9.80 Å². The summed E-state index contributed by atoms with van der Waals surface area (Å²) in [6, 6.07) is 2.80. The molecule has 0 aliphatic carbocycles. The first-order chi connectivity index (χ1) is 12.6. The number of piperidine rings is 1. The Bertz CT molecular complexity index is 812. The van der Waals surface area contributed by atoms with Crippen LogP contribution in [0.3, 0.4) is 0 Å². The summed E-state index contributed by atoms with van der Waals surface area (Å²) in [7, 11) is -4.23. The molecule has 0 bridgehead atoms. The molecule has 0 spiro atoms. The molecule has 2 fully saturated rings. The number of benzene rings is 1. The van der Waals surface area contributed by atoms with Crippen molar-refractivity contribution in [1.82, 2.24) is 4.90 Å². The van der Waals surface area contributed by atoms with Gasteiger partial charge in [0.2, 0.25) is 15.9 Å². The zero-order valence-electron chi connectivity index (χ0n) is 14.7. The fraction of sp³-hybridized carbons (Fsp3) is 0.588. The van der Waals surface area contributed by atoms with E-state index in [9.17, 15) is 26.4 Å². The molecular weight excluding hydrogens is 383 g/mol. The molecule has 0 saturated carbocycles. The van der Waals surface area contributed by atoms with Gasteiger partial charge in [-0.1, -0.05) is 0 Å². The van der Waals surface area contributed by atoms with Gasteiger partial charge in [0.1, 0.15) is 0 Å². The Kier molecular flexibility index (Phi) is 5.40. The third-order valence-electron chi connectivity index (χ3n) is 5.20. The second-order valence-electron chi connectivity index (χ2n) is 7.02. The molecule has 2 heterocycles. The van der Waals surface area contributed by atoms with Crippen molar-refractivity contribution < 1.29 is 26.4 Å². The van der Waals surface area contributed by atoms with Gasteiger partial charge in [-0.05, 0) is 43.9 Å². The largest absolute Gasteiger partial charge is 0.418 e. The number of nitrogens with two attached hydrogens (primary N) is 1. The maximum Gasteiger partial charge on any atom is 0.418 e. The molecule has 2 saturated heterocycles. The minimum atomic E-state index is -4.71. The minimum absolute atomic E-state index is 0.0815. The maximum absolute atomic E-state index is 13.5. The van der Waals surface area contributed by atoms with Gasteiger partial charge in [-0.2, -0.15) is 13.2 Å². The number of hydrogen-bond acceptors (Lipinski definition) is 4. The van der Waals surface area contributed by atoms with Gasteiger partial charge in [-0.3, -0.25) is 4.79 Å². The first-order valence-corrected chi connectivity index (χ1v) is 10.4. The number of likely N-dealkylation sites (tertiary alicyclic amines) is 1. The number of rotatable bonds is 3. The zero-order valence-corrected chi connectivity index (χ0v) is 15.5. The summed E-state index contributed by atoms with van der Waals surface area (Å²) in [5.74, 6) is -0.0786. The van der Waals surface area contributed by atoms with Gasteiger partial charge in [0.15, 0.2) is 0 Å². The zero-order chi connectivity index (χ0) is 19.8. The number of amides is 1. The molecular formula is C17H22F3N3O3S. The predicted molar refractivity (Wildman–Crippen MR) is 93.6 cm³/mol. The molecule has 2 aliphatic heterocycles. The van der Waals surface area contributed by atoms with E-state index < -0.39 is 26.7 Å². The summed E-state index contributed by atoms with van der Waals surface area (Å²) in [5, 5.41) is 4.96. The van der Waals surface area contributed by atoms with Crippen LogP contribution < -0.4 is 10.0 Å². The van der Waals surface area contributed by atoms with Crippen LogP contribution in [-0.4, -0.2) is 45.4 Å². The van der Waals surface area contributed by atoms with E-state index in [0.29, 0.717) is 32.0 Å². The highest BCUT2D eigenvalue weighted by Crippen LogP contribution is 2.39. The first kappa shape index (κ1) is 19.9. The van der Waals surface area contributed by atoms with Crippen LogP contribution in [0.15, 0.2) is 23.1 Å². The molecule has 0 atom stereocenters. The lowest BCUT2D eigenvalue weighted by atomic mass is 9.94. The van der Waals surface area contributed by atoms with Crippen LogP contribution in [0.2, 0.25) is 0 Å². The topological polar surface area (TPSA) is 83.7 Å². The summed E-state index contributed by atoms with van der Waals surface area (Å²) >= 11 is 0. The van der Waals surface area contributed by atoms with Crippen molar-refractivity contribution in [2.24, 2.45) is 11.1 Å². The summed E-state index contributed by atoms with van der Waals surface area (Å²) < 4.78 is 63.2. The van der Waals surface area contributed by atoms with Gasteiger partial charge in [-0.15, -0.1) is 0 Å². The smallest absolute Gasteiger partial charge is 0.371 e. The summed E-state index contributed by atoms with van der Waals surface area (Å²) in [6.07, 6.45) is -1.77. The van der Waals surface area contributed by atoms with Gasteiger partial charge in [0.25, 0.3) is 0 Å². The molecule has 1 aromatic rings. The Morgan fingerprint density at radius 2 is 1.67 bits per heavy atom. The number of carbonyl (C=O) groups is 1. The van der Waals surface area contributed by atoms with E-state index in [4.69, 9.17) is 5.14 Å². The molecule has 2 aliphatic rings. The lowest BCUT2D eigenvalue weighted by Gasteiger charge is -2.35. The number of sulfonamides is 1. The standard InChI is InChI=1S/C17H22F3N3O3S/c18-17(19,20)14-11-13(27(21,25)26)3-4-15(14)22-9-5-12(6-10-22)16(24)23-7-1-2-8-23/h3-4,11-12H,1-2,5-10H2,(H2,21,25,26). The quantitative estimate of drug-likeness (QED) is 0.836. The number of alkyl halides is 3. The predicted octanol–water partition coefficient (Wildman–Crippen LogP) is 2.19. The Labute approximate surface area is 156 Å². The fourth-order valence-electron chi connectivity index (χ4n) is 3.76. The maximum atomic E-state index is 13.5. The average molecular weight is 405 g/mol. The normalized spacial score (nSPS) is 19.6. The first-order valence-electron chi connectivity index (χ1n) is 8.85. The third-order valence-corrected chi connectivity index (χ3v) is 6.12. The Balaban J connectivity index is 1.78. The Morgan fingerprint density at radius 1 is 1.07 bits per heavy atom. The van der Waals surface area contributed by atoms with Crippen LogP contribution in [0.25, 0.3) is 0 Å². The number of anilines is 1. The monoisotopic (exact) mass is 405 g/mol. The highest BCUT2D eigenvalue weighted by Gasteiger charge is 2.37. The molecule has 0 aromatic heterocycles. The number of carbonyl (C=O) groups excluding carboxylic acids is 1. The van der Waals surface area contributed by atoms with E-state index in [2.05, 4.69) is 0 Å². The van der Waals surface area contributed by atoms with Gasteiger partial charge in [0, 0.05) is 37.8 Å². The Hall–Kier alpha value is -1.81. The number of nitrogens with zero attached hydrogens (tertiary/aromatic N) is 2. The minimum Gasteiger partial charge on any atom is -0.371 e. The Morgan fingerprint density at radius 3 is 2.19 bits per heavy atom. The lowest BCUT2D eigenvalue weighted by Crippen LogP contribution is -2.42. The summed E-state index contributed by atoms with van der Waals surface area (Å²) in [5.41, 5.74) is -1.11. The molecule has 0 unspecified atom stereocenters. The van der Waals surface area contributed by atoms with E-state index in [1.54, 1.807) is 4.90 Å². The molecule has 1 amide bonds. The molecule has 27 heavy (non-hydrogen) atoms. The molecule has 0 radical (unpaired) electrons. The summed E-state index contributed by atoms with van der Waals surface area (Å²) in [6.45, 7) is 2.13. The van der Waals surface area contributed by atoms with Crippen molar-refractivity contribution in [3.63, 3.8) is 0 Å². The molecule has 6 nitrogen and oxygen atoms in total. The van der Waals surface area contributed by atoms with E-state index in [1.165, 1.54) is 0 Å². The van der Waals surface area contributed by atoms with E-state index in [-0.39, 0.29) is 17.5 Å². The molecule has 10 heteroatoms. The van der Waals surface area contributed by atoms with E-state index in [1.807, 2.05) is 4.90 Å². The lowest BCUT2D eigenvalue weighted by molar-refractivity contribution is -0.138. The number of primary sulfonamides is 1. The van der Waals surface area contributed by atoms with Crippen molar-refractivity contribution >= 4 is 21.6 Å². The van der Waals surface area contributed by atoms with Crippen LogP contribution in [0, 0.1) is 5.92 Å². The van der Waals surface area contributed by atoms with Crippen LogP contribution in [0.1, 0.15) is 31.2 Å². The van der Waals surface area contributed by atoms with Crippen molar-refractivity contribution in [3.05, 3.63) is 23.8 Å². The fourth-order valence-corrected chi connectivity index (χ4v) is 4.30. The molecule has 150 valence electrons. The highest BCUT2D eigenvalue weighted by molar-refractivity contribution is 7.89. The number of hydrogen-bond donors (Lipinski definition) is 1. The van der Waals surface area contributed by atoms with Crippen LogP contribution in [0.5, 0.6) is 0 Å². The molecule has 2 N–H and O–H groups in total. The second kappa shape index (κ2) is 7.31. The molecule has 1 aromatic carbocycles.